The molecule has 0 radical (unpaired) electrons. The van der Waals surface area contributed by atoms with E-state index in [0.29, 0.717) is 40.4 Å². The van der Waals surface area contributed by atoms with Crippen LogP contribution >= 0.6 is 0 Å². The molecule has 10 heteroatoms. The van der Waals surface area contributed by atoms with Gasteiger partial charge >= 0.3 is 0 Å². The number of aryl methyl sites for hydroxylation is 3. The first-order valence-electron chi connectivity index (χ1n) is 10.4. The second-order valence-electron chi connectivity index (χ2n) is 8.58. The van der Waals surface area contributed by atoms with Crippen LogP contribution < -0.4 is 10.5 Å². The molecule has 1 saturated heterocycles. The zero-order valence-electron chi connectivity index (χ0n) is 17.6. The minimum Gasteiger partial charge on any atom is -0.356 e. The van der Waals surface area contributed by atoms with E-state index in [4.69, 9.17) is 4.52 Å². The molecular weight excluding hydrogens is 396 g/mol. The summed E-state index contributed by atoms with van der Waals surface area (Å²) in [5.41, 5.74) is 2.30. The number of nitrogens with zero attached hydrogens (tertiary/aromatic N) is 8. The lowest BCUT2D eigenvalue weighted by Crippen LogP contribution is -2.24. The monoisotopic (exact) mass is 418 g/mol. The van der Waals surface area contributed by atoms with Crippen molar-refractivity contribution >= 4 is 16.9 Å². The van der Waals surface area contributed by atoms with Crippen LogP contribution in [0.5, 0.6) is 0 Å². The fourth-order valence-corrected chi connectivity index (χ4v) is 4.88. The first kappa shape index (κ1) is 18.2. The van der Waals surface area contributed by atoms with Gasteiger partial charge in [0.05, 0.1) is 5.69 Å². The maximum absolute atomic E-state index is 12.8. The van der Waals surface area contributed by atoms with Crippen molar-refractivity contribution in [2.45, 2.75) is 26.3 Å². The maximum atomic E-state index is 12.8. The standard InChI is InChI=1S/C21H22N8O2/c1-11-4-5-22-15(6-11)28-7-13-14(8-28)18(13)19-24-16(31-26-19)9-29-10-23-20-17(21(29)30)12(2)25-27(20)3/h4-6,10,13-14,18H,7-9H2,1-3H3. The smallest absolute Gasteiger partial charge is 0.265 e. The van der Waals surface area contributed by atoms with Crippen LogP contribution in [-0.4, -0.2) is 47.5 Å². The largest absolute Gasteiger partial charge is 0.356 e. The van der Waals surface area contributed by atoms with Gasteiger partial charge in [0.25, 0.3) is 5.56 Å². The highest BCUT2D eigenvalue weighted by Crippen LogP contribution is 2.57. The summed E-state index contributed by atoms with van der Waals surface area (Å²) < 4.78 is 8.58. The third kappa shape index (κ3) is 2.85. The van der Waals surface area contributed by atoms with Crippen molar-refractivity contribution in [3.05, 3.63) is 58.0 Å². The van der Waals surface area contributed by atoms with E-state index in [1.165, 1.54) is 16.5 Å². The zero-order chi connectivity index (χ0) is 21.3. The molecule has 0 aromatic carbocycles. The quantitative estimate of drug-likeness (QED) is 0.490. The second kappa shape index (κ2) is 6.47. The Labute approximate surface area is 177 Å². The van der Waals surface area contributed by atoms with E-state index in [2.05, 4.69) is 43.1 Å². The number of aromatic nitrogens is 7. The van der Waals surface area contributed by atoms with Crippen LogP contribution in [0.2, 0.25) is 0 Å². The molecule has 2 fully saturated rings. The summed E-state index contributed by atoms with van der Waals surface area (Å²) in [5, 5.41) is 9.01. The van der Waals surface area contributed by atoms with E-state index in [0.717, 1.165) is 24.7 Å². The summed E-state index contributed by atoms with van der Waals surface area (Å²) in [7, 11) is 1.78. The van der Waals surface area contributed by atoms with Crippen molar-refractivity contribution in [3.63, 3.8) is 0 Å². The number of fused-ring (bicyclic) bond motifs is 2. The molecule has 0 amide bonds. The number of pyridine rings is 1. The van der Waals surface area contributed by atoms with Crippen LogP contribution in [-0.2, 0) is 13.6 Å². The van der Waals surface area contributed by atoms with Gasteiger partial charge in [-0.15, -0.1) is 0 Å². The Bertz CT molecular complexity index is 1360. The minimum atomic E-state index is -0.153. The molecule has 0 bridgehead atoms. The van der Waals surface area contributed by atoms with Crippen LogP contribution in [0, 0.1) is 25.7 Å². The first-order chi connectivity index (χ1) is 15.0. The second-order valence-corrected chi connectivity index (χ2v) is 8.58. The van der Waals surface area contributed by atoms with E-state index in [1.54, 1.807) is 11.7 Å². The Kier molecular flexibility index (Phi) is 3.80. The molecule has 10 nitrogen and oxygen atoms in total. The Morgan fingerprint density at radius 2 is 2.00 bits per heavy atom. The van der Waals surface area contributed by atoms with Crippen LogP contribution in [0.25, 0.3) is 11.0 Å². The third-order valence-electron chi connectivity index (χ3n) is 6.49. The summed E-state index contributed by atoms with van der Waals surface area (Å²) in [5.74, 6) is 3.55. The number of rotatable bonds is 4. The van der Waals surface area contributed by atoms with E-state index in [9.17, 15) is 4.79 Å². The lowest BCUT2D eigenvalue weighted by molar-refractivity contribution is 0.363. The molecule has 31 heavy (non-hydrogen) atoms. The van der Waals surface area contributed by atoms with Crippen molar-refractivity contribution < 1.29 is 4.52 Å². The molecule has 158 valence electrons. The summed E-state index contributed by atoms with van der Waals surface area (Å²) in [6.45, 7) is 6.00. The highest BCUT2D eigenvalue weighted by Gasteiger charge is 2.58. The highest BCUT2D eigenvalue weighted by atomic mass is 16.5. The lowest BCUT2D eigenvalue weighted by Gasteiger charge is -2.20. The minimum absolute atomic E-state index is 0.153. The predicted molar refractivity (Wildman–Crippen MR) is 112 cm³/mol. The van der Waals surface area contributed by atoms with E-state index in [1.807, 2.05) is 19.2 Å². The predicted octanol–water partition coefficient (Wildman–Crippen LogP) is 1.42. The van der Waals surface area contributed by atoms with Gasteiger partial charge < -0.3 is 9.42 Å². The Morgan fingerprint density at radius 3 is 2.77 bits per heavy atom. The molecule has 6 rings (SSSR count). The zero-order valence-corrected chi connectivity index (χ0v) is 17.6. The summed E-state index contributed by atoms with van der Waals surface area (Å²) in [6, 6.07) is 4.14. The van der Waals surface area contributed by atoms with Crippen LogP contribution in [0.3, 0.4) is 0 Å². The molecule has 2 atom stereocenters. The van der Waals surface area contributed by atoms with Gasteiger partial charge in [0.2, 0.25) is 5.89 Å². The van der Waals surface area contributed by atoms with Crippen LogP contribution in [0.1, 0.15) is 28.9 Å². The average Bonchev–Trinajstić information content (AvgIpc) is 3.12. The Balaban J connectivity index is 1.18. The van der Waals surface area contributed by atoms with Gasteiger partial charge in [-0.3, -0.25) is 9.36 Å². The molecule has 1 saturated carbocycles. The molecule has 1 aliphatic carbocycles. The van der Waals surface area contributed by atoms with Gasteiger partial charge in [-0.1, -0.05) is 5.16 Å². The molecule has 2 aliphatic rings. The third-order valence-corrected chi connectivity index (χ3v) is 6.49. The van der Waals surface area contributed by atoms with Crippen molar-refractivity contribution in [2.75, 3.05) is 18.0 Å². The molecule has 0 N–H and O–H groups in total. The highest BCUT2D eigenvalue weighted by molar-refractivity contribution is 5.76. The van der Waals surface area contributed by atoms with Crippen LogP contribution in [0.4, 0.5) is 5.82 Å². The molecular formula is C21H22N8O2. The molecule has 0 spiro atoms. The summed E-state index contributed by atoms with van der Waals surface area (Å²) >= 11 is 0. The fourth-order valence-electron chi connectivity index (χ4n) is 4.88. The molecule has 1 aliphatic heterocycles. The number of hydrogen-bond acceptors (Lipinski definition) is 8. The SMILES string of the molecule is Cc1ccnc(N2CC3C(C2)C3c2noc(Cn3cnc4c(c(C)nn4C)c3=O)n2)c1. The Morgan fingerprint density at radius 1 is 1.19 bits per heavy atom. The summed E-state index contributed by atoms with van der Waals surface area (Å²) in [6.07, 6.45) is 3.37. The van der Waals surface area contributed by atoms with Crippen molar-refractivity contribution in [1.29, 1.82) is 0 Å². The Hall–Kier alpha value is -3.56. The van der Waals surface area contributed by atoms with Crippen molar-refractivity contribution in [1.82, 2.24) is 34.5 Å². The van der Waals surface area contributed by atoms with Gasteiger partial charge in [0, 0.05) is 32.3 Å². The van der Waals surface area contributed by atoms with Gasteiger partial charge in [-0.25, -0.2) is 14.6 Å². The van der Waals surface area contributed by atoms with Gasteiger partial charge in [-0.2, -0.15) is 10.1 Å². The van der Waals surface area contributed by atoms with E-state index >= 15 is 0 Å². The molecule has 4 aromatic rings. The average molecular weight is 418 g/mol. The van der Waals surface area contributed by atoms with E-state index < -0.39 is 0 Å². The number of anilines is 1. The van der Waals surface area contributed by atoms with Crippen LogP contribution in [0.15, 0.2) is 34.0 Å². The van der Waals surface area contributed by atoms with Gasteiger partial charge in [-0.05, 0) is 43.4 Å². The molecule has 2 unspecified atom stereocenters. The fraction of sp³-hybridized carbons (Fsp3) is 0.429. The number of hydrogen-bond donors (Lipinski definition) is 0. The van der Waals surface area contributed by atoms with Gasteiger partial charge in [0.15, 0.2) is 11.5 Å². The normalized spacial score (nSPS) is 22.3. The molecule has 5 heterocycles. The lowest BCUT2D eigenvalue weighted by atomic mass is 10.2. The van der Waals surface area contributed by atoms with Crippen molar-refractivity contribution in [2.24, 2.45) is 18.9 Å². The van der Waals surface area contributed by atoms with E-state index in [-0.39, 0.29) is 12.1 Å². The maximum Gasteiger partial charge on any atom is 0.265 e. The topological polar surface area (TPSA) is 108 Å². The summed E-state index contributed by atoms with van der Waals surface area (Å²) in [4.78, 5) is 28.6. The molecule has 4 aromatic heterocycles. The van der Waals surface area contributed by atoms with Crippen molar-refractivity contribution in [3.8, 4) is 0 Å². The first-order valence-corrected chi connectivity index (χ1v) is 10.4. The van der Waals surface area contributed by atoms with Gasteiger partial charge in [0.1, 0.15) is 24.1 Å². The number of piperidine rings is 1.